The quantitative estimate of drug-likeness (QED) is 0.389. The highest BCUT2D eigenvalue weighted by molar-refractivity contribution is 8.14. The number of rotatable bonds is 5. The number of nitrogens with one attached hydrogen (secondary N) is 1. The molecule has 0 radical (unpaired) electrons. The Bertz CT molecular complexity index is 601. The van der Waals surface area contributed by atoms with Gasteiger partial charge in [0.2, 0.25) is 0 Å². The van der Waals surface area contributed by atoms with Gasteiger partial charge in [0, 0.05) is 6.42 Å². The van der Waals surface area contributed by atoms with E-state index in [-0.39, 0.29) is 4.90 Å². The van der Waals surface area contributed by atoms with Crippen molar-refractivity contribution in [3.05, 3.63) is 24.3 Å². The van der Waals surface area contributed by atoms with Gasteiger partial charge in [-0.1, -0.05) is 11.8 Å². The largest absolute Gasteiger partial charge is 0.497 e. The third-order valence-electron chi connectivity index (χ3n) is 2.30. The number of aliphatic imine (C=N–C) groups is 1. The lowest BCUT2D eigenvalue weighted by Crippen LogP contribution is -2.28. The number of terminal acetylenes is 1. The van der Waals surface area contributed by atoms with Crippen LogP contribution in [0.2, 0.25) is 0 Å². The number of methoxy groups -OCH3 is 1. The number of ether oxygens (including phenoxy) is 1. The molecule has 0 aliphatic heterocycles. The molecule has 0 saturated carbocycles. The summed E-state index contributed by atoms with van der Waals surface area (Å²) in [7, 11) is -2.12. The molecule has 0 heterocycles. The zero-order valence-electron chi connectivity index (χ0n) is 11.3. The van der Waals surface area contributed by atoms with Gasteiger partial charge in [0.15, 0.2) is 5.17 Å². The zero-order chi connectivity index (χ0) is 15.0. The molecular formula is C13H16N2O3S2. The van der Waals surface area contributed by atoms with E-state index in [4.69, 9.17) is 11.2 Å². The number of thioether (sulfide) groups is 1. The highest BCUT2D eigenvalue weighted by atomic mass is 32.2. The van der Waals surface area contributed by atoms with Gasteiger partial charge in [-0.15, -0.1) is 12.3 Å². The van der Waals surface area contributed by atoms with E-state index in [1.165, 1.54) is 31.0 Å². The third-order valence-corrected chi connectivity index (χ3v) is 4.40. The second-order valence-electron chi connectivity index (χ2n) is 3.63. The van der Waals surface area contributed by atoms with Gasteiger partial charge in [0.1, 0.15) is 5.75 Å². The summed E-state index contributed by atoms with van der Waals surface area (Å²) in [5, 5.41) is 0.316. The van der Waals surface area contributed by atoms with E-state index in [0.717, 1.165) is 0 Å². The first-order valence-corrected chi connectivity index (χ1v) is 8.43. The van der Waals surface area contributed by atoms with Crippen molar-refractivity contribution in [2.75, 3.05) is 19.9 Å². The Morgan fingerprint density at radius 1 is 1.45 bits per heavy atom. The molecule has 5 nitrogen and oxygen atoms in total. The summed E-state index contributed by atoms with van der Waals surface area (Å²) >= 11 is 1.22. The van der Waals surface area contributed by atoms with E-state index < -0.39 is 10.0 Å². The molecule has 1 aromatic rings. The Morgan fingerprint density at radius 2 is 2.10 bits per heavy atom. The van der Waals surface area contributed by atoms with Gasteiger partial charge in [-0.05, 0) is 30.5 Å². The van der Waals surface area contributed by atoms with E-state index in [2.05, 4.69) is 15.6 Å². The molecule has 20 heavy (non-hydrogen) atoms. The normalized spacial score (nSPS) is 11.8. The van der Waals surface area contributed by atoms with Crippen molar-refractivity contribution >= 4 is 27.0 Å². The van der Waals surface area contributed by atoms with Gasteiger partial charge in [-0.25, -0.2) is 8.42 Å². The maximum absolute atomic E-state index is 12.1. The molecule has 0 atom stereocenters. The van der Waals surface area contributed by atoms with E-state index in [0.29, 0.717) is 23.9 Å². The van der Waals surface area contributed by atoms with Gasteiger partial charge in [0.05, 0.1) is 18.6 Å². The SMILES string of the molecule is C#CCCN=C(NS(=O)(=O)c1ccc(OC)cc1)SC. The lowest BCUT2D eigenvalue weighted by Gasteiger charge is -2.09. The minimum atomic E-state index is -3.64. The fourth-order valence-electron chi connectivity index (χ4n) is 1.29. The van der Waals surface area contributed by atoms with Crippen LogP contribution in [-0.2, 0) is 10.0 Å². The number of hydrogen-bond acceptors (Lipinski definition) is 5. The van der Waals surface area contributed by atoms with Crippen LogP contribution < -0.4 is 9.46 Å². The van der Waals surface area contributed by atoms with Crippen LogP contribution in [0.5, 0.6) is 5.75 Å². The third kappa shape index (κ3) is 4.79. The highest BCUT2D eigenvalue weighted by Gasteiger charge is 2.15. The first kappa shape index (κ1) is 16.4. The molecule has 0 aromatic heterocycles. The minimum absolute atomic E-state index is 0.150. The molecule has 0 amide bonds. The number of benzene rings is 1. The summed E-state index contributed by atoms with van der Waals surface area (Å²) in [6, 6.07) is 6.12. The molecule has 0 unspecified atom stereocenters. The van der Waals surface area contributed by atoms with Crippen molar-refractivity contribution in [2.24, 2.45) is 4.99 Å². The molecule has 7 heteroatoms. The fraction of sp³-hybridized carbons (Fsp3) is 0.308. The van der Waals surface area contributed by atoms with Gasteiger partial charge in [0.25, 0.3) is 10.0 Å². The second kappa shape index (κ2) is 7.82. The second-order valence-corrected chi connectivity index (χ2v) is 6.10. The first-order valence-electron chi connectivity index (χ1n) is 5.72. The molecule has 0 saturated heterocycles. The Hall–Kier alpha value is -1.65. The molecule has 0 spiro atoms. The maximum atomic E-state index is 12.1. The molecule has 1 aromatic carbocycles. The van der Waals surface area contributed by atoms with E-state index in [1.54, 1.807) is 18.4 Å². The Labute approximate surface area is 123 Å². The first-order chi connectivity index (χ1) is 9.53. The molecular weight excluding hydrogens is 296 g/mol. The van der Waals surface area contributed by atoms with Crippen LogP contribution in [0.3, 0.4) is 0 Å². The summed E-state index contributed by atoms with van der Waals surface area (Å²) in [6.07, 6.45) is 7.33. The molecule has 0 aliphatic rings. The molecule has 0 fully saturated rings. The van der Waals surface area contributed by atoms with Crippen molar-refractivity contribution in [1.29, 1.82) is 0 Å². The molecule has 0 aliphatic carbocycles. The number of hydrogen-bond donors (Lipinski definition) is 1. The summed E-state index contributed by atoms with van der Waals surface area (Å²) in [4.78, 5) is 4.25. The van der Waals surface area contributed by atoms with Crippen LogP contribution in [0, 0.1) is 12.3 Å². The predicted octanol–water partition coefficient (Wildman–Crippen LogP) is 1.72. The molecule has 0 bridgehead atoms. The minimum Gasteiger partial charge on any atom is -0.497 e. The van der Waals surface area contributed by atoms with Crippen LogP contribution in [0.25, 0.3) is 0 Å². The van der Waals surface area contributed by atoms with Gasteiger partial charge in [-0.2, -0.15) is 0 Å². The smallest absolute Gasteiger partial charge is 0.263 e. The van der Waals surface area contributed by atoms with Gasteiger partial charge < -0.3 is 4.74 Å². The average molecular weight is 312 g/mol. The highest BCUT2D eigenvalue weighted by Crippen LogP contribution is 2.15. The van der Waals surface area contributed by atoms with Crippen molar-refractivity contribution in [3.63, 3.8) is 0 Å². The Kier molecular flexibility index (Phi) is 6.42. The van der Waals surface area contributed by atoms with Crippen LogP contribution in [0.15, 0.2) is 34.2 Å². The number of amidine groups is 1. The van der Waals surface area contributed by atoms with Gasteiger partial charge >= 0.3 is 0 Å². The predicted molar refractivity (Wildman–Crippen MR) is 82.6 cm³/mol. The van der Waals surface area contributed by atoms with Crippen molar-refractivity contribution in [1.82, 2.24) is 4.72 Å². The molecule has 1 N–H and O–H groups in total. The van der Waals surface area contributed by atoms with E-state index in [1.807, 2.05) is 0 Å². The Balaban J connectivity index is 2.87. The summed E-state index contributed by atoms with van der Waals surface area (Å²) in [5.74, 6) is 3.04. The zero-order valence-corrected chi connectivity index (χ0v) is 12.9. The lowest BCUT2D eigenvalue weighted by molar-refractivity contribution is 0.414. The average Bonchev–Trinajstić information content (AvgIpc) is 2.46. The van der Waals surface area contributed by atoms with Crippen molar-refractivity contribution in [3.8, 4) is 18.1 Å². The van der Waals surface area contributed by atoms with Crippen LogP contribution in [0.1, 0.15) is 6.42 Å². The summed E-state index contributed by atoms with van der Waals surface area (Å²) in [5.41, 5.74) is 0. The lowest BCUT2D eigenvalue weighted by atomic mass is 10.3. The number of sulfonamides is 1. The van der Waals surface area contributed by atoms with E-state index >= 15 is 0 Å². The van der Waals surface area contributed by atoms with E-state index in [9.17, 15) is 8.42 Å². The fourth-order valence-corrected chi connectivity index (χ4v) is 3.08. The molecule has 108 valence electrons. The summed E-state index contributed by atoms with van der Waals surface area (Å²) < 4.78 is 31.7. The number of nitrogens with zero attached hydrogens (tertiary/aromatic N) is 1. The Morgan fingerprint density at radius 3 is 2.60 bits per heavy atom. The van der Waals surface area contributed by atoms with Crippen molar-refractivity contribution in [2.45, 2.75) is 11.3 Å². The maximum Gasteiger partial charge on any atom is 0.263 e. The van der Waals surface area contributed by atoms with Crippen molar-refractivity contribution < 1.29 is 13.2 Å². The topological polar surface area (TPSA) is 67.8 Å². The van der Waals surface area contributed by atoms with Crippen LogP contribution >= 0.6 is 11.8 Å². The van der Waals surface area contributed by atoms with Gasteiger partial charge in [-0.3, -0.25) is 9.71 Å². The summed E-state index contributed by atoms with van der Waals surface area (Å²) in [6.45, 7) is 0.387. The molecule has 1 rings (SSSR count). The van der Waals surface area contributed by atoms with Crippen LogP contribution in [0.4, 0.5) is 0 Å². The standard InChI is InChI=1S/C13H16N2O3S2/c1-4-5-10-14-13(19-3)15-20(16,17)12-8-6-11(18-2)7-9-12/h1,6-9H,5,10H2,2-3H3,(H,14,15). The van der Waals surface area contributed by atoms with Crippen LogP contribution in [-0.4, -0.2) is 33.5 Å². The monoisotopic (exact) mass is 312 g/mol.